The molecule has 0 N–H and O–H groups in total. The van der Waals surface area contributed by atoms with Gasteiger partial charge < -0.3 is 18.9 Å². The van der Waals surface area contributed by atoms with Gasteiger partial charge in [-0.15, -0.1) is 0 Å². The van der Waals surface area contributed by atoms with Crippen LogP contribution in [-0.2, 0) is 33.3 Å². The van der Waals surface area contributed by atoms with Crippen molar-refractivity contribution in [2.24, 2.45) is 0 Å². The summed E-state index contributed by atoms with van der Waals surface area (Å²) >= 11 is 0. The lowest BCUT2D eigenvalue weighted by molar-refractivity contribution is -0.186. The molecule has 2 atom stereocenters. The van der Waals surface area contributed by atoms with Crippen molar-refractivity contribution in [2.45, 2.75) is 133 Å². The average Bonchev–Trinajstić information content (AvgIpc) is 3.65. The number of esters is 2. The molecule has 0 bridgehead atoms. The third kappa shape index (κ3) is 7.34. The Labute approximate surface area is 227 Å². The monoisotopic (exact) mass is 536 g/mol. The quantitative estimate of drug-likeness (QED) is 0.499. The first kappa shape index (κ1) is 29.4. The Bertz CT molecular complexity index is 815. The van der Waals surface area contributed by atoms with E-state index in [4.69, 9.17) is 18.9 Å². The van der Waals surface area contributed by atoms with Gasteiger partial charge in [-0.2, -0.15) is 0 Å². The van der Waals surface area contributed by atoms with Gasteiger partial charge >= 0.3 is 11.9 Å². The van der Waals surface area contributed by atoms with Gasteiger partial charge in [-0.25, -0.2) is 0 Å². The predicted molar refractivity (Wildman–Crippen MR) is 141 cm³/mol. The van der Waals surface area contributed by atoms with Crippen molar-refractivity contribution < 1.29 is 33.3 Å². The number of Topliss-reactive ketones (excluding diaryl/α,β-unsaturated/α-hetero) is 1. The largest absolute Gasteiger partial charge is 0.468 e. The van der Waals surface area contributed by atoms with Crippen LogP contribution in [0.3, 0.4) is 0 Å². The van der Waals surface area contributed by atoms with Crippen LogP contribution in [0.25, 0.3) is 0 Å². The summed E-state index contributed by atoms with van der Waals surface area (Å²) in [5.74, 6) is -0.129. The molecular formula is C29H48N2O7. The lowest BCUT2D eigenvalue weighted by Gasteiger charge is -2.40. The summed E-state index contributed by atoms with van der Waals surface area (Å²) in [7, 11) is 1.45. The van der Waals surface area contributed by atoms with E-state index in [9.17, 15) is 14.4 Å². The van der Waals surface area contributed by atoms with Crippen LogP contribution >= 0.6 is 0 Å². The van der Waals surface area contributed by atoms with Gasteiger partial charge in [-0.05, 0) is 85.2 Å². The molecule has 3 aliphatic heterocycles. The molecule has 3 saturated heterocycles. The normalized spacial score (nSPS) is 29.3. The van der Waals surface area contributed by atoms with Gasteiger partial charge in [0.1, 0.15) is 23.5 Å². The molecule has 0 unspecified atom stereocenters. The maximum Gasteiger partial charge on any atom is 0.323 e. The van der Waals surface area contributed by atoms with E-state index in [-0.39, 0.29) is 29.8 Å². The minimum absolute atomic E-state index is 0.0568. The number of hydrogen-bond acceptors (Lipinski definition) is 9. The van der Waals surface area contributed by atoms with Crippen molar-refractivity contribution in [3.05, 3.63) is 0 Å². The van der Waals surface area contributed by atoms with Gasteiger partial charge in [-0.3, -0.25) is 24.2 Å². The zero-order valence-corrected chi connectivity index (χ0v) is 23.9. The Balaban J connectivity index is 0.000000186. The maximum atomic E-state index is 12.5. The number of likely N-dealkylation sites (tertiary alicyclic amines) is 2. The van der Waals surface area contributed by atoms with Crippen molar-refractivity contribution in [1.29, 1.82) is 0 Å². The number of nitrogens with zero attached hydrogens (tertiary/aromatic N) is 2. The first-order chi connectivity index (χ1) is 18.1. The molecule has 5 rings (SSSR count). The maximum absolute atomic E-state index is 12.5. The van der Waals surface area contributed by atoms with Crippen molar-refractivity contribution in [1.82, 2.24) is 9.80 Å². The predicted octanol–water partition coefficient (Wildman–Crippen LogP) is 3.61. The van der Waals surface area contributed by atoms with E-state index >= 15 is 0 Å². The lowest BCUT2D eigenvalue weighted by atomic mass is 9.88. The van der Waals surface area contributed by atoms with E-state index in [1.165, 1.54) is 7.11 Å². The Hall–Kier alpha value is -1.55. The number of ether oxygens (including phenoxy) is 4. The molecule has 0 aromatic heterocycles. The third-order valence-electron chi connectivity index (χ3n) is 8.72. The second kappa shape index (κ2) is 12.7. The van der Waals surface area contributed by atoms with Crippen LogP contribution < -0.4 is 0 Å². The highest BCUT2D eigenvalue weighted by molar-refractivity contribution is 5.79. The molecule has 9 heteroatoms. The molecule has 1 spiro atoms. The molecule has 3 heterocycles. The van der Waals surface area contributed by atoms with E-state index in [2.05, 4.69) is 9.80 Å². The van der Waals surface area contributed by atoms with Crippen LogP contribution in [0.1, 0.15) is 97.8 Å². The van der Waals surface area contributed by atoms with E-state index < -0.39 is 5.60 Å². The van der Waals surface area contributed by atoms with Gasteiger partial charge in [0.05, 0.1) is 20.3 Å². The number of carbonyl (C=O) groups excluding carboxylic acids is 3. The molecule has 5 fully saturated rings. The minimum Gasteiger partial charge on any atom is -0.468 e. The average molecular weight is 537 g/mol. The summed E-state index contributed by atoms with van der Waals surface area (Å²) in [6, 6.07) is 0.731. The third-order valence-corrected chi connectivity index (χ3v) is 8.72. The van der Waals surface area contributed by atoms with Crippen molar-refractivity contribution >= 4 is 17.7 Å². The summed E-state index contributed by atoms with van der Waals surface area (Å²) in [5, 5.41) is 0. The second-order valence-electron chi connectivity index (χ2n) is 12.5. The zero-order chi connectivity index (χ0) is 27.3. The summed E-state index contributed by atoms with van der Waals surface area (Å²) in [5.41, 5.74) is -0.409. The van der Waals surface area contributed by atoms with E-state index in [0.717, 1.165) is 90.5 Å². The summed E-state index contributed by atoms with van der Waals surface area (Å²) in [6.07, 6.45) is 11.1. The highest BCUT2D eigenvalue weighted by atomic mass is 16.7. The molecule has 2 saturated carbocycles. The SMILES string of the molecule is CC(C)(C)OC(=O)[C@@H]1CCCN1C1CCC2(CC1)OCCO2.COC(=O)[C@@H]1CCCN1C1CCC(=O)CC1. The molecule has 216 valence electrons. The fraction of sp³-hybridized carbons (Fsp3) is 0.897. The van der Waals surface area contributed by atoms with Gasteiger partial charge in [0.25, 0.3) is 0 Å². The molecule has 9 nitrogen and oxygen atoms in total. The Morgan fingerprint density at radius 1 is 0.816 bits per heavy atom. The Kier molecular flexibility index (Phi) is 9.87. The van der Waals surface area contributed by atoms with Gasteiger partial charge in [0, 0.05) is 37.8 Å². The van der Waals surface area contributed by atoms with Crippen LogP contribution in [0.5, 0.6) is 0 Å². The number of ketones is 1. The van der Waals surface area contributed by atoms with Crippen LogP contribution in [0.4, 0.5) is 0 Å². The highest BCUT2D eigenvalue weighted by Crippen LogP contribution is 2.39. The zero-order valence-electron chi connectivity index (χ0n) is 23.9. The molecule has 0 radical (unpaired) electrons. The van der Waals surface area contributed by atoms with Crippen molar-refractivity contribution in [3.63, 3.8) is 0 Å². The molecule has 38 heavy (non-hydrogen) atoms. The fourth-order valence-corrected chi connectivity index (χ4v) is 6.88. The smallest absolute Gasteiger partial charge is 0.323 e. The first-order valence-corrected chi connectivity index (χ1v) is 14.7. The molecule has 5 aliphatic rings. The van der Waals surface area contributed by atoms with E-state index in [0.29, 0.717) is 30.7 Å². The van der Waals surface area contributed by atoms with Gasteiger partial charge in [0.2, 0.25) is 0 Å². The van der Waals surface area contributed by atoms with Crippen LogP contribution in [0, 0.1) is 0 Å². The Morgan fingerprint density at radius 2 is 1.32 bits per heavy atom. The number of hydrogen-bond donors (Lipinski definition) is 0. The van der Waals surface area contributed by atoms with Crippen LogP contribution in [0.15, 0.2) is 0 Å². The minimum atomic E-state index is -0.409. The molecule has 2 aliphatic carbocycles. The first-order valence-electron chi connectivity index (χ1n) is 14.7. The molecule has 0 amide bonds. The molecule has 0 aromatic rings. The highest BCUT2D eigenvalue weighted by Gasteiger charge is 2.45. The summed E-state index contributed by atoms with van der Waals surface area (Å²) in [4.78, 5) is 39.9. The van der Waals surface area contributed by atoms with E-state index in [1.807, 2.05) is 20.8 Å². The number of rotatable bonds is 4. The lowest BCUT2D eigenvalue weighted by Crippen LogP contribution is -2.49. The van der Waals surface area contributed by atoms with E-state index in [1.54, 1.807) is 0 Å². The molecular weight excluding hydrogens is 488 g/mol. The van der Waals surface area contributed by atoms with Crippen molar-refractivity contribution in [2.75, 3.05) is 33.4 Å². The van der Waals surface area contributed by atoms with Crippen LogP contribution in [-0.4, -0.2) is 96.5 Å². The standard InChI is InChI=1S/C17H29NO4.C12H19NO3/c1-16(2,3)22-15(19)14-5-4-10-18(14)13-6-8-17(9-7-13)20-11-12-21-17;1-16-12(15)11-3-2-8-13(11)9-4-6-10(14)7-5-9/h13-14H,4-12H2,1-3H3;9,11H,2-8H2,1H3/t14-;11-/m00/s1. The summed E-state index contributed by atoms with van der Waals surface area (Å²) in [6.45, 7) is 9.21. The van der Waals surface area contributed by atoms with Crippen molar-refractivity contribution in [3.8, 4) is 0 Å². The van der Waals surface area contributed by atoms with Gasteiger partial charge in [0.15, 0.2) is 5.79 Å². The summed E-state index contributed by atoms with van der Waals surface area (Å²) < 4.78 is 22.0. The molecule has 0 aromatic carbocycles. The van der Waals surface area contributed by atoms with Crippen LogP contribution in [0.2, 0.25) is 0 Å². The number of methoxy groups -OCH3 is 1. The fourth-order valence-electron chi connectivity index (χ4n) is 6.88. The van der Waals surface area contributed by atoms with Gasteiger partial charge in [-0.1, -0.05) is 0 Å². The Morgan fingerprint density at radius 3 is 1.82 bits per heavy atom. The topological polar surface area (TPSA) is 94.6 Å². The second-order valence-corrected chi connectivity index (χ2v) is 12.5. The number of carbonyl (C=O) groups is 3.